The van der Waals surface area contributed by atoms with Crippen LogP contribution in [-0.4, -0.2) is 97.5 Å². The average molecular weight is 1300 g/mol. The summed E-state index contributed by atoms with van der Waals surface area (Å²) in [6.45, 7) is 7.59. The second-order valence-electron chi connectivity index (χ2n) is 18.9. The molecule has 26 heteroatoms. The summed E-state index contributed by atoms with van der Waals surface area (Å²) in [5.41, 5.74) is 9.42. The third-order valence-electron chi connectivity index (χ3n) is 12.1. The predicted octanol–water partition coefficient (Wildman–Crippen LogP) is 14.8. The Morgan fingerprint density at radius 3 is 1.37 bits per heavy atom. The molecule has 4 fully saturated rings. The summed E-state index contributed by atoms with van der Waals surface area (Å²) in [4.78, 5) is 37.2. The van der Waals surface area contributed by atoms with Gasteiger partial charge in [-0.1, -0.05) is 43.0 Å². The van der Waals surface area contributed by atoms with E-state index in [-0.39, 0.29) is 87.1 Å². The molecule has 15 nitrogen and oxygen atoms in total. The van der Waals surface area contributed by atoms with Crippen LogP contribution in [0.4, 0.5) is 46.5 Å². The van der Waals surface area contributed by atoms with E-state index in [1.165, 1.54) is 40.8 Å². The van der Waals surface area contributed by atoms with Gasteiger partial charge in [-0.15, -0.1) is 0 Å². The van der Waals surface area contributed by atoms with Crippen molar-refractivity contribution in [3.8, 4) is 23.5 Å². The second kappa shape index (κ2) is 31.1. The molecule has 1 amide bonds. The van der Waals surface area contributed by atoms with E-state index in [0.717, 1.165) is 20.6 Å². The molecule has 0 radical (unpaired) electrons. The molecule has 0 atom stereocenters. The Kier molecular flexibility index (Phi) is 26.0. The number of carbonyl (C=O) groups excluding carboxylic acids is 2. The number of hydrogen-bond acceptors (Lipinski definition) is 14. The number of aromatic nitrogens is 4. The number of anilines is 2. The highest BCUT2D eigenvalue weighted by Crippen LogP contribution is 2.52. The Morgan fingerprint density at radius 1 is 0.617 bits per heavy atom. The van der Waals surface area contributed by atoms with Crippen molar-refractivity contribution in [2.24, 2.45) is 23.7 Å². The average Bonchev–Trinajstić information content (AvgIpc) is 3.38. The smallest absolute Gasteiger partial charge is 0.335 e. The van der Waals surface area contributed by atoms with Crippen LogP contribution in [0.5, 0.6) is 23.5 Å². The Balaban J connectivity index is 0.000000223. The number of aldehydes is 1. The van der Waals surface area contributed by atoms with Crippen LogP contribution in [0.1, 0.15) is 87.5 Å². The van der Waals surface area contributed by atoms with E-state index in [9.17, 15) is 49.3 Å². The number of rotatable bonds is 19. The Morgan fingerprint density at radius 2 is 0.988 bits per heavy atom. The number of pyridine rings is 4. The van der Waals surface area contributed by atoms with Gasteiger partial charge in [-0.3, -0.25) is 9.36 Å². The second-order valence-corrected chi connectivity index (χ2v) is 22.8. The van der Waals surface area contributed by atoms with Crippen molar-refractivity contribution in [2.45, 2.75) is 95.1 Å². The fraction of sp³-hybridized carbons (Fsp3) is 0.455. The molecule has 0 saturated heterocycles. The highest BCUT2D eigenvalue weighted by atomic mass is 79.9. The van der Waals surface area contributed by atoms with Gasteiger partial charge in [-0.25, -0.2) is 55.1 Å². The lowest BCUT2D eigenvalue weighted by Gasteiger charge is -2.32. The SMILES string of the molecule is C=CC(=O)Nc1cnc(OC)c(/C=C/C2CC(F)(F)C2)c1.CCOP(=O)(Cc1cc(Br)cnc1OC)OCC.COc1ncc(Br)cc1/C=C/C1CC(F)(F)C1.COc1ncc(N)cc1/C=C/C1CC(F)(F)C1.O=CC1CC(F)(F)C1. The third-order valence-corrected chi connectivity index (χ3v) is 15.0. The van der Waals surface area contributed by atoms with Crippen molar-refractivity contribution < 1.29 is 77.3 Å². The maximum Gasteiger partial charge on any atom is 0.335 e. The van der Waals surface area contributed by atoms with Gasteiger partial charge < -0.3 is 43.8 Å². The number of alkyl halides is 8. The maximum atomic E-state index is 12.8. The van der Waals surface area contributed by atoms with Crippen molar-refractivity contribution in [3.05, 3.63) is 111 Å². The van der Waals surface area contributed by atoms with E-state index in [1.807, 2.05) is 6.07 Å². The summed E-state index contributed by atoms with van der Waals surface area (Å²) in [6.07, 6.45) is 17.5. The first kappa shape index (κ1) is 67.8. The van der Waals surface area contributed by atoms with Crippen molar-refractivity contribution >= 4 is 81.3 Å². The number of nitrogens with zero attached hydrogens (tertiary/aromatic N) is 4. The molecule has 0 aromatic carbocycles. The highest BCUT2D eigenvalue weighted by Gasteiger charge is 2.46. The van der Waals surface area contributed by atoms with Crippen LogP contribution in [-0.2, 0) is 29.4 Å². The molecule has 8 rings (SSSR count). The summed E-state index contributed by atoms with van der Waals surface area (Å²) in [5.74, 6) is -9.30. The summed E-state index contributed by atoms with van der Waals surface area (Å²) in [5, 5.41) is 2.58. The lowest BCUT2D eigenvalue weighted by molar-refractivity contribution is -0.137. The predicted molar refractivity (Wildman–Crippen MR) is 300 cm³/mol. The quantitative estimate of drug-likeness (QED) is 0.0389. The number of carbonyl (C=O) groups is 2. The normalized spacial score (nSPS) is 17.8. The largest absolute Gasteiger partial charge is 0.481 e. The minimum absolute atomic E-state index is 0.0475. The molecule has 0 spiro atoms. The summed E-state index contributed by atoms with van der Waals surface area (Å²) < 4.78 is 145. The number of nitrogens with two attached hydrogens (primary N) is 1. The van der Waals surface area contributed by atoms with Gasteiger partial charge in [0.25, 0.3) is 0 Å². The van der Waals surface area contributed by atoms with E-state index in [0.29, 0.717) is 71.1 Å². The van der Waals surface area contributed by atoms with Crippen molar-refractivity contribution in [3.63, 3.8) is 0 Å². The van der Waals surface area contributed by atoms with Crippen LogP contribution in [0.15, 0.2) is 88.9 Å². The molecule has 4 aliphatic carbocycles. The molecule has 0 bridgehead atoms. The van der Waals surface area contributed by atoms with Gasteiger partial charge in [0.1, 0.15) is 6.29 Å². The van der Waals surface area contributed by atoms with Gasteiger partial charge in [-0.2, -0.15) is 0 Å². The van der Waals surface area contributed by atoms with Crippen LogP contribution in [0, 0.1) is 23.7 Å². The molecule has 4 saturated carbocycles. The molecular weight excluding hydrogens is 1230 g/mol. The first-order chi connectivity index (χ1) is 38.1. The van der Waals surface area contributed by atoms with Gasteiger partial charge in [0, 0.05) is 101 Å². The standard InChI is InChI=1S/C15H16F2N2O2.C12H12BrF2NO.C12H14F2N2O.C11H17BrNO4P.C5H6F2O/c1-3-13(20)19-12-6-11(14(21-2)18-9-12)5-4-10-7-15(16,17)8-10;1-17-11-9(4-10(13)7-16-11)3-2-8-5-12(14,15)6-8;1-17-11-9(4-10(15)7-16-11)3-2-8-5-12(13,14)6-8;1-4-16-18(14,17-5-2)8-9-6-10(12)7-13-11(9)15-3;6-5(7)1-4(2-5)3-8/h3-6,9-10H,1,7-8H2,2H3,(H,19,20);2-4,7-8H,5-6H2,1H3;2-4,7-8H,5-6,15H2,1H3;6-7H,4-5,8H2,1-3H3;3-4H,1-2H2/b5-4+;2*3-2+;;. The maximum absolute atomic E-state index is 12.8. The fourth-order valence-electron chi connectivity index (χ4n) is 8.08. The van der Waals surface area contributed by atoms with E-state index >= 15 is 0 Å². The first-order valence-electron chi connectivity index (χ1n) is 25.2. The molecule has 81 heavy (non-hydrogen) atoms. The van der Waals surface area contributed by atoms with Gasteiger partial charge in [-0.05, 0) is 93.8 Å². The van der Waals surface area contributed by atoms with E-state index in [4.69, 9.17) is 33.7 Å². The minimum atomic E-state index is -3.14. The van der Waals surface area contributed by atoms with Crippen LogP contribution < -0.4 is 30.0 Å². The topological polar surface area (TPSA) is 196 Å². The van der Waals surface area contributed by atoms with Crippen molar-refractivity contribution in [1.82, 2.24) is 19.9 Å². The van der Waals surface area contributed by atoms with Crippen molar-refractivity contribution in [2.75, 3.05) is 52.7 Å². The lowest BCUT2D eigenvalue weighted by Crippen LogP contribution is -2.35. The van der Waals surface area contributed by atoms with Crippen LogP contribution in [0.3, 0.4) is 0 Å². The molecule has 444 valence electrons. The number of halogens is 10. The molecule has 3 N–H and O–H groups in total. The van der Waals surface area contributed by atoms with Crippen molar-refractivity contribution in [1.29, 1.82) is 0 Å². The number of allylic oxidation sites excluding steroid dienone is 3. The summed E-state index contributed by atoms with van der Waals surface area (Å²) >= 11 is 6.63. The highest BCUT2D eigenvalue weighted by molar-refractivity contribution is 9.10. The fourth-order valence-corrected chi connectivity index (χ4v) is 10.5. The van der Waals surface area contributed by atoms with Crippen LogP contribution in [0.2, 0.25) is 0 Å². The first-order valence-corrected chi connectivity index (χ1v) is 28.5. The zero-order valence-electron chi connectivity index (χ0n) is 45.3. The number of nitrogens with one attached hydrogen (secondary N) is 1. The molecule has 4 aromatic rings. The molecule has 0 aliphatic heterocycles. The van der Waals surface area contributed by atoms with Crippen LogP contribution >= 0.6 is 39.5 Å². The lowest BCUT2D eigenvalue weighted by atomic mass is 9.81. The van der Waals surface area contributed by atoms with Gasteiger partial charge >= 0.3 is 7.60 Å². The van der Waals surface area contributed by atoms with E-state index in [2.05, 4.69) is 63.7 Å². The zero-order chi connectivity index (χ0) is 60.2. The Hall–Kier alpha value is -5.75. The minimum Gasteiger partial charge on any atom is -0.481 e. The zero-order valence-corrected chi connectivity index (χ0v) is 49.4. The molecule has 4 heterocycles. The molecular formula is C55H65Br2F8N6O9P. The monoisotopic (exact) mass is 1290 g/mol. The number of amides is 1. The van der Waals surface area contributed by atoms with E-state index < -0.39 is 31.3 Å². The number of nitrogen functional groups attached to an aromatic ring is 1. The Labute approximate surface area is 482 Å². The van der Waals surface area contributed by atoms with Crippen LogP contribution in [0.25, 0.3) is 18.2 Å². The molecule has 4 aromatic heterocycles. The van der Waals surface area contributed by atoms with Gasteiger partial charge in [0.05, 0.1) is 71.6 Å². The van der Waals surface area contributed by atoms with Gasteiger partial charge in [0.15, 0.2) is 0 Å². The molecule has 4 aliphatic rings. The summed E-state index contributed by atoms with van der Waals surface area (Å²) in [6, 6.07) is 7.02. The van der Waals surface area contributed by atoms with E-state index in [1.54, 1.807) is 80.9 Å². The Bertz CT molecular complexity index is 2760. The molecule has 0 unspecified atom stereocenters. The number of methoxy groups -OCH3 is 4. The summed E-state index contributed by atoms with van der Waals surface area (Å²) in [7, 11) is 2.89. The number of hydrogen-bond donors (Lipinski definition) is 2. The third kappa shape index (κ3) is 22.8. The number of ether oxygens (including phenoxy) is 4. The van der Waals surface area contributed by atoms with Gasteiger partial charge in [0.2, 0.25) is 53.1 Å².